The van der Waals surface area contributed by atoms with Crippen molar-refractivity contribution in [3.63, 3.8) is 0 Å². The number of carbonyl (C=O) groups is 1. The van der Waals surface area contributed by atoms with Crippen LogP contribution in [0.3, 0.4) is 0 Å². The molecule has 0 radical (unpaired) electrons. The van der Waals surface area contributed by atoms with E-state index in [4.69, 9.17) is 0 Å². The first-order chi connectivity index (χ1) is 9.55. The summed E-state index contributed by atoms with van der Waals surface area (Å²) in [5.74, 6) is -0.766. The summed E-state index contributed by atoms with van der Waals surface area (Å²) in [6.45, 7) is 0. The third-order valence-electron chi connectivity index (χ3n) is 2.85. The molecule has 20 heavy (non-hydrogen) atoms. The van der Waals surface area contributed by atoms with Crippen LogP contribution in [0.5, 0.6) is 0 Å². The van der Waals surface area contributed by atoms with Crippen LogP contribution in [0.25, 0.3) is 0 Å². The number of rotatable bonds is 6. The minimum absolute atomic E-state index is 0.0889. The first kappa shape index (κ1) is 14.5. The fourth-order valence-electron chi connectivity index (χ4n) is 2.00. The number of ketones is 1. The number of benzene rings is 2. The zero-order chi connectivity index (χ0) is 14.4. The van der Waals surface area contributed by atoms with E-state index < -0.39 is 15.6 Å². The lowest BCUT2D eigenvalue weighted by atomic mass is 10.1. The van der Waals surface area contributed by atoms with Gasteiger partial charge in [-0.2, -0.15) is 0 Å². The molecule has 3 nitrogen and oxygen atoms in total. The predicted molar refractivity (Wildman–Crippen MR) is 79.1 cm³/mol. The van der Waals surface area contributed by atoms with Crippen molar-refractivity contribution in [2.24, 2.45) is 0 Å². The number of Topliss-reactive ketones (excluding diaryl/α,β-unsaturated/α-hetero) is 1. The summed E-state index contributed by atoms with van der Waals surface area (Å²) in [7, 11) is -3.40. The van der Waals surface area contributed by atoms with E-state index in [1.807, 2.05) is 36.4 Å². The average molecular weight is 288 g/mol. The molecule has 2 rings (SSSR count). The number of hydrogen-bond acceptors (Lipinski definition) is 3. The molecular weight excluding hydrogens is 272 g/mol. The van der Waals surface area contributed by atoms with E-state index in [0.717, 1.165) is 5.56 Å². The number of sulfone groups is 1. The molecule has 0 fully saturated rings. The summed E-state index contributed by atoms with van der Waals surface area (Å²) >= 11 is 0. The van der Waals surface area contributed by atoms with Crippen LogP contribution in [0.15, 0.2) is 60.7 Å². The molecule has 0 aromatic heterocycles. The Morgan fingerprint density at radius 2 is 1.30 bits per heavy atom. The van der Waals surface area contributed by atoms with Crippen LogP contribution < -0.4 is 0 Å². The molecule has 0 bridgehead atoms. The molecule has 2 aromatic rings. The molecule has 0 saturated heterocycles. The monoisotopic (exact) mass is 288 g/mol. The van der Waals surface area contributed by atoms with Gasteiger partial charge in [0.2, 0.25) is 0 Å². The van der Waals surface area contributed by atoms with Crippen molar-refractivity contribution in [2.45, 2.75) is 12.2 Å². The second kappa shape index (κ2) is 6.48. The maximum absolute atomic E-state index is 12.0. The van der Waals surface area contributed by atoms with Gasteiger partial charge in [0, 0.05) is 6.42 Å². The molecule has 0 aliphatic carbocycles. The van der Waals surface area contributed by atoms with Crippen LogP contribution in [-0.2, 0) is 26.8 Å². The van der Waals surface area contributed by atoms with Crippen LogP contribution >= 0.6 is 0 Å². The molecule has 2 aromatic carbocycles. The van der Waals surface area contributed by atoms with Crippen LogP contribution in [0, 0.1) is 0 Å². The first-order valence-electron chi connectivity index (χ1n) is 6.35. The van der Waals surface area contributed by atoms with E-state index in [0.29, 0.717) is 5.56 Å². The van der Waals surface area contributed by atoms with Crippen molar-refractivity contribution >= 4 is 15.6 Å². The van der Waals surface area contributed by atoms with Crippen molar-refractivity contribution < 1.29 is 13.2 Å². The van der Waals surface area contributed by atoms with Gasteiger partial charge < -0.3 is 0 Å². The second-order valence-corrected chi connectivity index (χ2v) is 6.78. The largest absolute Gasteiger partial charge is 0.298 e. The van der Waals surface area contributed by atoms with Gasteiger partial charge in [-0.15, -0.1) is 0 Å². The van der Waals surface area contributed by atoms with Crippen molar-refractivity contribution in [1.82, 2.24) is 0 Å². The molecule has 0 unspecified atom stereocenters. The van der Waals surface area contributed by atoms with Crippen molar-refractivity contribution in [2.75, 3.05) is 5.75 Å². The average Bonchev–Trinajstić information content (AvgIpc) is 2.39. The van der Waals surface area contributed by atoms with Crippen LogP contribution in [0.4, 0.5) is 0 Å². The van der Waals surface area contributed by atoms with Crippen molar-refractivity contribution in [3.05, 3.63) is 71.8 Å². The van der Waals surface area contributed by atoms with Crippen LogP contribution in [0.2, 0.25) is 0 Å². The fourth-order valence-corrected chi connectivity index (χ4v) is 3.39. The molecule has 0 spiro atoms. The summed E-state index contributed by atoms with van der Waals surface area (Å²) in [5.41, 5.74) is 1.55. The lowest BCUT2D eigenvalue weighted by Crippen LogP contribution is -2.19. The zero-order valence-corrected chi connectivity index (χ0v) is 11.8. The summed E-state index contributed by atoms with van der Waals surface area (Å²) < 4.78 is 24.0. The lowest BCUT2D eigenvalue weighted by molar-refractivity contribution is -0.116. The van der Waals surface area contributed by atoms with E-state index in [1.54, 1.807) is 24.3 Å². The molecule has 0 N–H and O–H groups in total. The summed E-state index contributed by atoms with van der Waals surface area (Å²) in [6, 6.07) is 18.1. The predicted octanol–water partition coefficient (Wildman–Crippen LogP) is 2.41. The minimum atomic E-state index is -3.40. The van der Waals surface area contributed by atoms with Gasteiger partial charge in [0.05, 0.1) is 5.75 Å². The van der Waals surface area contributed by atoms with Gasteiger partial charge in [0.1, 0.15) is 5.75 Å². The Morgan fingerprint density at radius 1 is 0.800 bits per heavy atom. The van der Waals surface area contributed by atoms with Crippen LogP contribution in [-0.4, -0.2) is 20.0 Å². The molecule has 0 saturated carbocycles. The molecular formula is C16H16O3S. The Labute approximate surface area is 119 Å². The van der Waals surface area contributed by atoms with Gasteiger partial charge in [-0.1, -0.05) is 60.7 Å². The van der Waals surface area contributed by atoms with Gasteiger partial charge in [0.15, 0.2) is 15.6 Å². The van der Waals surface area contributed by atoms with Crippen molar-refractivity contribution in [1.29, 1.82) is 0 Å². The van der Waals surface area contributed by atoms with E-state index >= 15 is 0 Å². The molecule has 0 aliphatic heterocycles. The highest BCUT2D eigenvalue weighted by Crippen LogP contribution is 2.08. The Kier molecular flexibility index (Phi) is 4.69. The van der Waals surface area contributed by atoms with E-state index in [-0.39, 0.29) is 18.0 Å². The lowest BCUT2D eigenvalue weighted by Gasteiger charge is -2.04. The van der Waals surface area contributed by atoms with Crippen molar-refractivity contribution in [3.8, 4) is 0 Å². The quantitative estimate of drug-likeness (QED) is 0.820. The topological polar surface area (TPSA) is 51.2 Å². The number of carbonyl (C=O) groups excluding carboxylic acids is 1. The Balaban J connectivity index is 1.96. The summed E-state index contributed by atoms with van der Waals surface area (Å²) in [6.07, 6.45) is 0.162. The highest BCUT2D eigenvalue weighted by atomic mass is 32.2. The van der Waals surface area contributed by atoms with E-state index in [2.05, 4.69) is 0 Å². The SMILES string of the molecule is O=C(Cc1ccccc1)CS(=O)(=O)Cc1ccccc1. The summed E-state index contributed by atoms with van der Waals surface area (Å²) in [5, 5.41) is 0. The van der Waals surface area contributed by atoms with E-state index in [9.17, 15) is 13.2 Å². The molecule has 0 atom stereocenters. The Bertz CT molecular complexity index is 661. The standard InChI is InChI=1S/C16H16O3S/c17-16(11-14-7-3-1-4-8-14)13-20(18,19)12-15-9-5-2-6-10-15/h1-10H,11-13H2. The zero-order valence-electron chi connectivity index (χ0n) is 11.0. The van der Waals surface area contributed by atoms with Gasteiger partial charge in [0.25, 0.3) is 0 Å². The Morgan fingerprint density at radius 3 is 1.85 bits per heavy atom. The summed E-state index contributed by atoms with van der Waals surface area (Å²) in [4.78, 5) is 11.8. The third-order valence-corrected chi connectivity index (χ3v) is 4.39. The van der Waals surface area contributed by atoms with Gasteiger partial charge in [-0.3, -0.25) is 4.79 Å². The Hall–Kier alpha value is -1.94. The highest BCUT2D eigenvalue weighted by Gasteiger charge is 2.17. The minimum Gasteiger partial charge on any atom is -0.298 e. The van der Waals surface area contributed by atoms with E-state index in [1.165, 1.54) is 0 Å². The normalized spacial score (nSPS) is 11.2. The third kappa shape index (κ3) is 4.63. The van der Waals surface area contributed by atoms with Gasteiger partial charge >= 0.3 is 0 Å². The number of hydrogen-bond donors (Lipinski definition) is 0. The molecule has 4 heteroatoms. The van der Waals surface area contributed by atoms with Gasteiger partial charge in [-0.05, 0) is 11.1 Å². The maximum atomic E-state index is 12.0. The first-order valence-corrected chi connectivity index (χ1v) is 8.17. The molecule has 0 aliphatic rings. The van der Waals surface area contributed by atoms with Crippen LogP contribution in [0.1, 0.15) is 11.1 Å². The maximum Gasteiger partial charge on any atom is 0.161 e. The smallest absolute Gasteiger partial charge is 0.161 e. The molecule has 104 valence electrons. The molecule has 0 heterocycles. The highest BCUT2D eigenvalue weighted by molar-refractivity contribution is 7.91. The van der Waals surface area contributed by atoms with Gasteiger partial charge in [-0.25, -0.2) is 8.42 Å². The second-order valence-electron chi connectivity index (χ2n) is 4.72. The molecule has 0 amide bonds. The fraction of sp³-hybridized carbons (Fsp3) is 0.188.